The zero-order valence-corrected chi connectivity index (χ0v) is 17.4. The second-order valence-electron chi connectivity index (χ2n) is 4.69. The zero-order chi connectivity index (χ0) is 19.2. The van der Waals surface area contributed by atoms with Crippen LogP contribution in [0, 0.1) is 0 Å². The van der Waals surface area contributed by atoms with Gasteiger partial charge in [-0.1, -0.05) is 35.3 Å². The number of rotatable bonds is 8. The Balaban J connectivity index is 2.24. The van der Waals surface area contributed by atoms with Gasteiger partial charge in [0.15, 0.2) is 0 Å². The molecule has 0 amide bonds. The Labute approximate surface area is 169 Å². The van der Waals surface area contributed by atoms with Crippen LogP contribution in [-0.2, 0) is 14.8 Å². The van der Waals surface area contributed by atoms with Crippen molar-refractivity contribution in [3.05, 3.63) is 51.4 Å². The van der Waals surface area contributed by atoms with Gasteiger partial charge < -0.3 is 9.47 Å². The lowest BCUT2D eigenvalue weighted by molar-refractivity contribution is 0.175. The van der Waals surface area contributed by atoms with Gasteiger partial charge in [0.2, 0.25) is 5.82 Å². The van der Waals surface area contributed by atoms with Crippen LogP contribution >= 0.6 is 39.1 Å². The molecule has 0 fully saturated rings. The number of hydrogen-bond acceptors (Lipinski definition) is 6. The van der Waals surface area contributed by atoms with Crippen LogP contribution in [-0.4, -0.2) is 31.6 Å². The van der Waals surface area contributed by atoms with Crippen molar-refractivity contribution in [2.45, 2.75) is 11.8 Å². The summed E-state index contributed by atoms with van der Waals surface area (Å²) in [4.78, 5) is 7.90. The van der Waals surface area contributed by atoms with Crippen LogP contribution < -0.4 is 9.46 Å². The van der Waals surface area contributed by atoms with E-state index in [2.05, 4.69) is 30.6 Å². The van der Waals surface area contributed by atoms with Crippen LogP contribution in [0.15, 0.2) is 46.2 Å². The molecule has 1 N–H and O–H groups in total. The third-order valence-electron chi connectivity index (χ3n) is 2.82. The molecular weight excluding hydrogens is 469 g/mol. The summed E-state index contributed by atoms with van der Waals surface area (Å²) in [5.41, 5.74) is 0. The third kappa shape index (κ3) is 5.47. The highest BCUT2D eigenvalue weighted by Crippen LogP contribution is 2.31. The Kier molecular flexibility index (Phi) is 7.51. The Morgan fingerprint density at radius 2 is 2.08 bits per heavy atom. The Morgan fingerprint density at radius 1 is 1.31 bits per heavy atom. The lowest BCUT2D eigenvalue weighted by Gasteiger charge is -2.13. The molecule has 26 heavy (non-hydrogen) atoms. The monoisotopic (exact) mass is 481 g/mol. The smallest absolute Gasteiger partial charge is 0.264 e. The molecule has 0 aliphatic carbocycles. The molecule has 0 saturated carbocycles. The molecule has 2 aromatic rings. The van der Waals surface area contributed by atoms with Gasteiger partial charge in [-0.15, -0.1) is 0 Å². The largest absolute Gasteiger partial charge is 0.498 e. The van der Waals surface area contributed by atoms with Crippen molar-refractivity contribution in [3.63, 3.8) is 0 Å². The van der Waals surface area contributed by atoms with E-state index in [1.807, 2.05) is 6.92 Å². The van der Waals surface area contributed by atoms with E-state index in [-0.39, 0.29) is 39.9 Å². The van der Waals surface area contributed by atoms with Crippen molar-refractivity contribution >= 4 is 55.0 Å². The zero-order valence-electron chi connectivity index (χ0n) is 13.4. The normalized spacial score (nSPS) is 11.5. The predicted molar refractivity (Wildman–Crippen MR) is 103 cm³/mol. The lowest BCUT2D eigenvalue weighted by Crippen LogP contribution is -2.17. The van der Waals surface area contributed by atoms with Crippen LogP contribution in [0.4, 0.5) is 5.82 Å². The van der Waals surface area contributed by atoms with Gasteiger partial charge in [-0.3, -0.25) is 4.72 Å². The summed E-state index contributed by atoms with van der Waals surface area (Å²) in [6.45, 7) is 2.21. The van der Waals surface area contributed by atoms with Gasteiger partial charge >= 0.3 is 0 Å². The number of halogens is 3. The van der Waals surface area contributed by atoms with E-state index in [0.717, 1.165) is 0 Å². The first-order chi connectivity index (χ1) is 12.3. The van der Waals surface area contributed by atoms with E-state index >= 15 is 0 Å². The fourth-order valence-electron chi connectivity index (χ4n) is 1.75. The summed E-state index contributed by atoms with van der Waals surface area (Å²) in [6.07, 6.45) is 4.58. The minimum Gasteiger partial charge on any atom is -0.498 e. The lowest BCUT2D eigenvalue weighted by atomic mass is 10.4. The van der Waals surface area contributed by atoms with Crippen molar-refractivity contribution in [3.8, 4) is 5.88 Å². The molecule has 0 spiro atoms. The molecular formula is C15H14BrCl2N3O4S. The topological polar surface area (TPSA) is 90.4 Å². The summed E-state index contributed by atoms with van der Waals surface area (Å²) in [5.74, 6) is -0.0968. The van der Waals surface area contributed by atoms with Gasteiger partial charge in [-0.25, -0.2) is 18.4 Å². The quantitative estimate of drug-likeness (QED) is 0.446. The fraction of sp³-hybridized carbons (Fsp3) is 0.200. The van der Waals surface area contributed by atoms with E-state index in [0.29, 0.717) is 4.60 Å². The molecule has 1 aromatic heterocycles. The molecule has 0 atom stereocenters. The van der Waals surface area contributed by atoms with Crippen molar-refractivity contribution in [2.24, 2.45) is 0 Å². The van der Waals surface area contributed by atoms with Crippen LogP contribution in [0.2, 0.25) is 10.0 Å². The highest BCUT2D eigenvalue weighted by Gasteiger charge is 2.22. The second kappa shape index (κ2) is 9.40. The minimum atomic E-state index is -4.05. The average molecular weight is 483 g/mol. The van der Waals surface area contributed by atoms with E-state index < -0.39 is 10.0 Å². The van der Waals surface area contributed by atoms with E-state index in [1.165, 1.54) is 30.7 Å². The van der Waals surface area contributed by atoms with E-state index in [4.69, 9.17) is 32.7 Å². The molecule has 11 heteroatoms. The van der Waals surface area contributed by atoms with Crippen LogP contribution in [0.25, 0.3) is 0 Å². The predicted octanol–water partition coefficient (Wildman–Crippen LogP) is 4.28. The van der Waals surface area contributed by atoms with Gasteiger partial charge in [-0.05, 0) is 35.0 Å². The molecule has 0 unspecified atom stereocenters. The molecule has 2 rings (SSSR count). The third-order valence-corrected chi connectivity index (χ3v) is 5.51. The first-order valence-corrected chi connectivity index (χ1v) is 10.2. The summed E-state index contributed by atoms with van der Waals surface area (Å²) in [5, 5.41) is 0.0305. The maximum Gasteiger partial charge on any atom is 0.264 e. The molecule has 1 aromatic carbocycles. The first kappa shape index (κ1) is 20.8. The highest BCUT2D eigenvalue weighted by molar-refractivity contribution is 9.10. The van der Waals surface area contributed by atoms with Crippen LogP contribution in [0.1, 0.15) is 6.92 Å². The standard InChI is InChI=1S/C15H14BrCl2N3O4S/c1-2-6-24-7-8-25-15-14(19-9-12(16)20-15)21-26(22,23)11-5-3-4-10(17)13(11)18/h2-6,9H,7-8H2,1H3,(H,19,21)/b6-2+. The summed E-state index contributed by atoms with van der Waals surface area (Å²) in [6, 6.07) is 4.29. The van der Waals surface area contributed by atoms with Gasteiger partial charge in [0.05, 0.1) is 22.5 Å². The van der Waals surface area contributed by atoms with Crippen molar-refractivity contribution in [1.82, 2.24) is 9.97 Å². The highest BCUT2D eigenvalue weighted by atomic mass is 79.9. The molecule has 1 heterocycles. The van der Waals surface area contributed by atoms with Gasteiger partial charge in [-0.2, -0.15) is 0 Å². The van der Waals surface area contributed by atoms with Crippen molar-refractivity contribution in [1.29, 1.82) is 0 Å². The Hall–Kier alpha value is -1.55. The number of hydrogen-bond donors (Lipinski definition) is 1. The van der Waals surface area contributed by atoms with Crippen LogP contribution in [0.3, 0.4) is 0 Å². The summed E-state index contributed by atoms with van der Waals surface area (Å²) < 4.78 is 38.5. The number of ether oxygens (including phenoxy) is 2. The fourth-order valence-corrected chi connectivity index (χ4v) is 3.78. The maximum atomic E-state index is 12.6. The number of allylic oxidation sites excluding steroid dienone is 1. The van der Waals surface area contributed by atoms with E-state index in [1.54, 1.807) is 6.08 Å². The number of anilines is 1. The number of benzene rings is 1. The Morgan fingerprint density at radius 3 is 2.81 bits per heavy atom. The van der Waals surface area contributed by atoms with Gasteiger partial charge in [0.25, 0.3) is 15.9 Å². The average Bonchev–Trinajstić information content (AvgIpc) is 2.59. The molecule has 0 aliphatic rings. The maximum absolute atomic E-state index is 12.6. The van der Waals surface area contributed by atoms with Crippen molar-refractivity contribution < 1.29 is 17.9 Å². The van der Waals surface area contributed by atoms with Crippen molar-refractivity contribution in [2.75, 3.05) is 17.9 Å². The number of sulfonamides is 1. The minimum absolute atomic E-state index is 0.00909. The summed E-state index contributed by atoms with van der Waals surface area (Å²) in [7, 11) is -4.05. The SMILES string of the molecule is C/C=C/OCCOc1nc(Br)cnc1NS(=O)(=O)c1cccc(Cl)c1Cl. The molecule has 0 aliphatic heterocycles. The van der Waals surface area contributed by atoms with Gasteiger partial charge in [0.1, 0.15) is 22.7 Å². The van der Waals surface area contributed by atoms with Crippen LogP contribution in [0.5, 0.6) is 5.88 Å². The number of nitrogens with one attached hydrogen (secondary N) is 1. The molecule has 0 radical (unpaired) electrons. The first-order valence-electron chi connectivity index (χ1n) is 7.20. The molecule has 7 nitrogen and oxygen atoms in total. The summed E-state index contributed by atoms with van der Waals surface area (Å²) >= 11 is 15.0. The number of nitrogens with zero attached hydrogens (tertiary/aromatic N) is 2. The second-order valence-corrected chi connectivity index (χ2v) is 7.94. The molecule has 0 saturated heterocycles. The molecule has 140 valence electrons. The Bertz CT molecular complexity index is 910. The van der Waals surface area contributed by atoms with E-state index in [9.17, 15) is 8.42 Å². The molecule has 0 bridgehead atoms. The number of aromatic nitrogens is 2. The van der Waals surface area contributed by atoms with Gasteiger partial charge in [0, 0.05) is 0 Å².